The summed E-state index contributed by atoms with van der Waals surface area (Å²) in [6.45, 7) is 3.12. The Morgan fingerprint density at radius 1 is 1.00 bits per heavy atom. The van der Waals surface area contributed by atoms with Gasteiger partial charge in [-0.1, -0.05) is 54.1 Å². The van der Waals surface area contributed by atoms with Crippen molar-refractivity contribution in [3.63, 3.8) is 0 Å². The Kier molecular flexibility index (Phi) is 6.23. The van der Waals surface area contributed by atoms with Gasteiger partial charge < -0.3 is 10.2 Å². The Balaban J connectivity index is 1.47. The molecule has 1 aliphatic rings. The first-order valence-corrected chi connectivity index (χ1v) is 11.6. The SMILES string of the molecule is CNC(=O)[C@@]1(Cc2ccc(-c3ccsc3)cc2)CCN(C(=O)Cc2ccc(C)cc2)C1. The summed E-state index contributed by atoms with van der Waals surface area (Å²) in [4.78, 5) is 27.7. The standard InChI is InChI=1S/C26H28N2O2S/c1-19-3-5-20(6-4-19)15-24(29)28-13-12-26(18-28,25(30)27-2)16-21-7-9-22(10-8-21)23-11-14-31-17-23/h3-11,14,17H,12-13,15-16,18H2,1-2H3,(H,27,30)/t26-/m1/s1. The van der Waals surface area contributed by atoms with Gasteiger partial charge in [0.05, 0.1) is 11.8 Å². The largest absolute Gasteiger partial charge is 0.359 e. The summed E-state index contributed by atoms with van der Waals surface area (Å²) in [5, 5.41) is 7.05. The zero-order chi connectivity index (χ0) is 21.8. The van der Waals surface area contributed by atoms with Crippen LogP contribution in [0.3, 0.4) is 0 Å². The third kappa shape index (κ3) is 4.72. The van der Waals surface area contributed by atoms with Crippen LogP contribution in [0.2, 0.25) is 0 Å². The van der Waals surface area contributed by atoms with Crippen LogP contribution in [0.25, 0.3) is 11.1 Å². The van der Waals surface area contributed by atoms with Crippen LogP contribution in [0.5, 0.6) is 0 Å². The normalized spacial score (nSPS) is 18.2. The smallest absolute Gasteiger partial charge is 0.228 e. The lowest BCUT2D eigenvalue weighted by atomic mass is 9.79. The van der Waals surface area contributed by atoms with Crippen molar-refractivity contribution in [2.45, 2.75) is 26.2 Å². The Hall–Kier alpha value is -2.92. The highest BCUT2D eigenvalue weighted by molar-refractivity contribution is 7.08. The first-order valence-electron chi connectivity index (χ1n) is 10.7. The predicted molar refractivity (Wildman–Crippen MR) is 126 cm³/mol. The molecule has 0 aliphatic carbocycles. The molecule has 1 N–H and O–H groups in total. The molecule has 160 valence electrons. The van der Waals surface area contributed by atoms with Crippen LogP contribution in [0.4, 0.5) is 0 Å². The van der Waals surface area contributed by atoms with Crippen molar-refractivity contribution >= 4 is 23.2 Å². The van der Waals surface area contributed by atoms with E-state index in [9.17, 15) is 9.59 Å². The maximum absolute atomic E-state index is 12.9. The molecule has 1 fully saturated rings. The molecule has 3 aromatic rings. The van der Waals surface area contributed by atoms with E-state index in [-0.39, 0.29) is 11.8 Å². The summed E-state index contributed by atoms with van der Waals surface area (Å²) < 4.78 is 0. The minimum atomic E-state index is -0.582. The number of hydrogen-bond acceptors (Lipinski definition) is 3. The number of aryl methyl sites for hydroxylation is 1. The molecule has 0 bridgehead atoms. The van der Waals surface area contributed by atoms with E-state index in [1.807, 2.05) is 36.1 Å². The van der Waals surface area contributed by atoms with Crippen molar-refractivity contribution < 1.29 is 9.59 Å². The molecule has 2 amide bonds. The molecule has 2 heterocycles. The van der Waals surface area contributed by atoms with Crippen molar-refractivity contribution in [1.82, 2.24) is 10.2 Å². The van der Waals surface area contributed by atoms with Gasteiger partial charge in [-0.15, -0.1) is 0 Å². The summed E-state index contributed by atoms with van der Waals surface area (Å²) >= 11 is 1.68. The zero-order valence-corrected chi connectivity index (χ0v) is 18.9. The van der Waals surface area contributed by atoms with Gasteiger partial charge in [0, 0.05) is 20.1 Å². The number of carbonyl (C=O) groups is 2. The number of carbonyl (C=O) groups excluding carboxylic acids is 2. The van der Waals surface area contributed by atoms with Gasteiger partial charge in [0.1, 0.15) is 0 Å². The molecule has 0 spiro atoms. The minimum absolute atomic E-state index is 0.0139. The maximum atomic E-state index is 12.9. The maximum Gasteiger partial charge on any atom is 0.228 e. The lowest BCUT2D eigenvalue weighted by Crippen LogP contribution is -2.44. The molecule has 5 heteroatoms. The number of hydrogen-bond donors (Lipinski definition) is 1. The second kappa shape index (κ2) is 9.06. The van der Waals surface area contributed by atoms with Gasteiger partial charge in [0.2, 0.25) is 11.8 Å². The predicted octanol–water partition coefficient (Wildman–Crippen LogP) is 4.47. The first kappa shape index (κ1) is 21.3. The van der Waals surface area contributed by atoms with E-state index in [0.717, 1.165) is 11.1 Å². The van der Waals surface area contributed by atoms with Crippen LogP contribution in [-0.2, 0) is 22.4 Å². The fourth-order valence-electron chi connectivity index (χ4n) is 4.39. The van der Waals surface area contributed by atoms with Crippen molar-refractivity contribution in [2.24, 2.45) is 5.41 Å². The van der Waals surface area contributed by atoms with Crippen molar-refractivity contribution in [3.05, 3.63) is 82.0 Å². The van der Waals surface area contributed by atoms with E-state index < -0.39 is 5.41 Å². The van der Waals surface area contributed by atoms with Crippen LogP contribution in [-0.4, -0.2) is 36.9 Å². The average molecular weight is 433 g/mol. The fourth-order valence-corrected chi connectivity index (χ4v) is 5.05. The Morgan fingerprint density at radius 3 is 2.35 bits per heavy atom. The van der Waals surface area contributed by atoms with E-state index in [4.69, 9.17) is 0 Å². The molecule has 1 aromatic heterocycles. The number of nitrogens with zero attached hydrogens (tertiary/aromatic N) is 1. The third-order valence-corrected chi connectivity index (χ3v) is 6.93. The van der Waals surface area contributed by atoms with Crippen LogP contribution >= 0.6 is 11.3 Å². The summed E-state index contributed by atoms with van der Waals surface area (Å²) in [6, 6.07) is 18.6. The van der Waals surface area contributed by atoms with Gasteiger partial charge >= 0.3 is 0 Å². The van der Waals surface area contributed by atoms with Crippen LogP contribution in [0.15, 0.2) is 65.4 Å². The number of benzene rings is 2. The van der Waals surface area contributed by atoms with Gasteiger partial charge in [-0.25, -0.2) is 0 Å². The molecule has 0 unspecified atom stereocenters. The van der Waals surface area contributed by atoms with Gasteiger partial charge in [0.25, 0.3) is 0 Å². The molecule has 0 saturated carbocycles. The highest BCUT2D eigenvalue weighted by Gasteiger charge is 2.45. The highest BCUT2D eigenvalue weighted by Crippen LogP contribution is 2.35. The molecule has 1 saturated heterocycles. The fraction of sp³-hybridized carbons (Fsp3) is 0.308. The molecule has 4 nitrogen and oxygen atoms in total. The van der Waals surface area contributed by atoms with Gasteiger partial charge in [-0.2, -0.15) is 11.3 Å². The second-order valence-corrected chi connectivity index (χ2v) is 9.25. The zero-order valence-electron chi connectivity index (χ0n) is 18.1. The van der Waals surface area contributed by atoms with Crippen molar-refractivity contribution in [2.75, 3.05) is 20.1 Å². The molecule has 1 atom stereocenters. The van der Waals surface area contributed by atoms with Crippen molar-refractivity contribution in [1.29, 1.82) is 0 Å². The Bertz CT molecular complexity index is 1040. The van der Waals surface area contributed by atoms with E-state index >= 15 is 0 Å². The van der Waals surface area contributed by atoms with Crippen LogP contribution in [0.1, 0.15) is 23.1 Å². The Labute approximate surface area is 187 Å². The highest BCUT2D eigenvalue weighted by atomic mass is 32.1. The molecule has 0 radical (unpaired) electrons. The minimum Gasteiger partial charge on any atom is -0.359 e. The summed E-state index contributed by atoms with van der Waals surface area (Å²) in [6.07, 6.45) is 1.68. The van der Waals surface area contributed by atoms with E-state index in [2.05, 4.69) is 46.4 Å². The lowest BCUT2D eigenvalue weighted by Gasteiger charge is -2.28. The third-order valence-electron chi connectivity index (χ3n) is 6.24. The van der Waals surface area contributed by atoms with Gasteiger partial charge in [-0.3, -0.25) is 9.59 Å². The second-order valence-electron chi connectivity index (χ2n) is 8.47. The number of nitrogens with one attached hydrogen (secondary N) is 1. The first-order chi connectivity index (χ1) is 15.0. The molecular weight excluding hydrogens is 404 g/mol. The molecule has 2 aromatic carbocycles. The number of amides is 2. The average Bonchev–Trinajstić information content (AvgIpc) is 3.47. The topological polar surface area (TPSA) is 49.4 Å². The summed E-state index contributed by atoms with van der Waals surface area (Å²) in [5.74, 6) is 0.0995. The number of thiophene rings is 1. The van der Waals surface area contributed by atoms with E-state index in [1.54, 1.807) is 18.4 Å². The molecule has 4 rings (SSSR count). The molecule has 1 aliphatic heterocycles. The van der Waals surface area contributed by atoms with Crippen molar-refractivity contribution in [3.8, 4) is 11.1 Å². The monoisotopic (exact) mass is 432 g/mol. The summed E-state index contributed by atoms with van der Waals surface area (Å²) in [7, 11) is 1.68. The van der Waals surface area contributed by atoms with Gasteiger partial charge in [-0.05, 0) is 58.8 Å². The Morgan fingerprint density at radius 2 is 1.71 bits per heavy atom. The van der Waals surface area contributed by atoms with E-state index in [0.29, 0.717) is 32.4 Å². The lowest BCUT2D eigenvalue weighted by molar-refractivity contribution is -0.132. The number of likely N-dealkylation sites (tertiary alicyclic amines) is 1. The molecule has 31 heavy (non-hydrogen) atoms. The van der Waals surface area contributed by atoms with Crippen LogP contribution in [0, 0.1) is 12.3 Å². The van der Waals surface area contributed by atoms with Gasteiger partial charge in [0.15, 0.2) is 0 Å². The quantitative estimate of drug-likeness (QED) is 0.625. The van der Waals surface area contributed by atoms with Crippen LogP contribution < -0.4 is 5.32 Å². The number of rotatable bonds is 6. The molecular formula is C26H28N2O2S. The summed E-state index contributed by atoms with van der Waals surface area (Å²) in [5.41, 5.74) is 5.13. The van der Waals surface area contributed by atoms with E-state index in [1.165, 1.54) is 16.7 Å².